The molecule has 0 aliphatic heterocycles. The van der Waals surface area contributed by atoms with Crippen molar-refractivity contribution in [2.75, 3.05) is 0 Å². The monoisotopic (exact) mass is 191 g/mol. The lowest BCUT2D eigenvalue weighted by atomic mass is 10.3. The molecule has 0 radical (unpaired) electrons. The van der Waals surface area contributed by atoms with E-state index in [0.29, 0.717) is 17.2 Å². The van der Waals surface area contributed by atoms with E-state index in [1.54, 1.807) is 6.07 Å². The minimum Gasteiger partial charge on any atom is -0.346 e. The predicted molar refractivity (Wildman–Crippen MR) is 48.1 cm³/mol. The molecule has 70 valence electrons. The fourth-order valence-corrected chi connectivity index (χ4v) is 1.32. The molecule has 1 N–H and O–H groups in total. The molecule has 0 aliphatic carbocycles. The SMILES string of the molecule is O=Cc1[nH]c2ccncc2c1[N+](=O)[O-]. The maximum absolute atomic E-state index is 10.7. The molecule has 0 saturated heterocycles. The van der Waals surface area contributed by atoms with Crippen LogP contribution in [-0.2, 0) is 0 Å². The molecule has 0 unspecified atom stereocenters. The summed E-state index contributed by atoms with van der Waals surface area (Å²) in [6.45, 7) is 0. The Morgan fingerprint density at radius 1 is 1.57 bits per heavy atom. The molecule has 0 aromatic carbocycles. The smallest absolute Gasteiger partial charge is 0.306 e. The third kappa shape index (κ3) is 1.05. The molecule has 0 bridgehead atoms. The third-order valence-corrected chi connectivity index (χ3v) is 1.90. The summed E-state index contributed by atoms with van der Waals surface area (Å²) < 4.78 is 0. The van der Waals surface area contributed by atoms with Crippen LogP contribution in [0.5, 0.6) is 0 Å². The van der Waals surface area contributed by atoms with Gasteiger partial charge in [-0.1, -0.05) is 0 Å². The fraction of sp³-hybridized carbons (Fsp3) is 0. The van der Waals surface area contributed by atoms with Gasteiger partial charge in [0.2, 0.25) is 0 Å². The lowest BCUT2D eigenvalue weighted by Crippen LogP contribution is -1.91. The molecule has 14 heavy (non-hydrogen) atoms. The van der Waals surface area contributed by atoms with Crippen LogP contribution in [0.1, 0.15) is 10.5 Å². The van der Waals surface area contributed by atoms with E-state index >= 15 is 0 Å². The first kappa shape index (κ1) is 8.36. The second-order valence-corrected chi connectivity index (χ2v) is 2.68. The van der Waals surface area contributed by atoms with Gasteiger partial charge in [-0.15, -0.1) is 0 Å². The summed E-state index contributed by atoms with van der Waals surface area (Å²) in [5.41, 5.74) is 0.287. The third-order valence-electron chi connectivity index (χ3n) is 1.90. The summed E-state index contributed by atoms with van der Waals surface area (Å²) in [7, 11) is 0. The Morgan fingerprint density at radius 3 is 3.00 bits per heavy atom. The first-order valence-corrected chi connectivity index (χ1v) is 3.79. The lowest BCUT2D eigenvalue weighted by molar-refractivity contribution is -0.383. The summed E-state index contributed by atoms with van der Waals surface area (Å²) >= 11 is 0. The van der Waals surface area contributed by atoms with Crippen molar-refractivity contribution in [2.45, 2.75) is 0 Å². The number of aldehydes is 1. The van der Waals surface area contributed by atoms with Crippen LogP contribution in [0.3, 0.4) is 0 Å². The number of aromatic amines is 1. The van der Waals surface area contributed by atoms with E-state index < -0.39 is 4.92 Å². The Morgan fingerprint density at radius 2 is 2.36 bits per heavy atom. The van der Waals surface area contributed by atoms with Crippen molar-refractivity contribution >= 4 is 22.9 Å². The molecule has 2 aromatic heterocycles. The number of nitrogens with zero attached hydrogens (tertiary/aromatic N) is 2. The number of carbonyl (C=O) groups is 1. The zero-order chi connectivity index (χ0) is 10.1. The summed E-state index contributed by atoms with van der Waals surface area (Å²) in [5.74, 6) is 0. The van der Waals surface area contributed by atoms with Crippen LogP contribution in [0.2, 0.25) is 0 Å². The predicted octanol–water partition coefficient (Wildman–Crippen LogP) is 1.28. The van der Waals surface area contributed by atoms with Crippen LogP contribution < -0.4 is 0 Å². The van der Waals surface area contributed by atoms with E-state index in [1.165, 1.54) is 12.4 Å². The largest absolute Gasteiger partial charge is 0.346 e. The van der Waals surface area contributed by atoms with Gasteiger partial charge in [0.25, 0.3) is 0 Å². The Hall–Kier alpha value is -2.24. The maximum Gasteiger partial charge on any atom is 0.306 e. The molecule has 2 rings (SSSR count). The van der Waals surface area contributed by atoms with Crippen LogP contribution in [0, 0.1) is 10.1 Å². The van der Waals surface area contributed by atoms with Crippen molar-refractivity contribution in [3.63, 3.8) is 0 Å². The highest BCUT2D eigenvalue weighted by Crippen LogP contribution is 2.27. The first-order valence-electron chi connectivity index (χ1n) is 3.79. The molecule has 0 atom stereocenters. The average molecular weight is 191 g/mol. The second kappa shape index (κ2) is 2.91. The number of nitro groups is 1. The molecular formula is C8H5N3O3. The first-order chi connectivity index (χ1) is 6.74. The molecular weight excluding hydrogens is 186 g/mol. The van der Waals surface area contributed by atoms with E-state index in [0.717, 1.165) is 0 Å². The van der Waals surface area contributed by atoms with Gasteiger partial charge in [0, 0.05) is 12.4 Å². The molecule has 2 aromatic rings. The lowest BCUT2D eigenvalue weighted by Gasteiger charge is -1.87. The van der Waals surface area contributed by atoms with Crippen LogP contribution in [-0.4, -0.2) is 21.2 Å². The van der Waals surface area contributed by atoms with E-state index in [4.69, 9.17) is 0 Å². The Balaban J connectivity index is 2.87. The van der Waals surface area contributed by atoms with E-state index in [1.807, 2.05) is 0 Å². The van der Waals surface area contributed by atoms with Gasteiger partial charge in [0.05, 0.1) is 15.8 Å². The molecule has 6 nitrogen and oxygen atoms in total. The minimum absolute atomic E-state index is 0.0296. The summed E-state index contributed by atoms with van der Waals surface area (Å²) in [6.07, 6.45) is 3.28. The molecule has 0 amide bonds. The summed E-state index contributed by atoms with van der Waals surface area (Å²) in [6, 6.07) is 1.58. The zero-order valence-electron chi connectivity index (χ0n) is 6.93. The highest BCUT2D eigenvalue weighted by Gasteiger charge is 2.20. The zero-order valence-corrected chi connectivity index (χ0v) is 6.93. The van der Waals surface area contributed by atoms with Gasteiger partial charge >= 0.3 is 5.69 Å². The van der Waals surface area contributed by atoms with Crippen LogP contribution in [0.15, 0.2) is 18.5 Å². The number of nitrogens with one attached hydrogen (secondary N) is 1. The van der Waals surface area contributed by atoms with Crippen molar-refractivity contribution in [3.05, 3.63) is 34.3 Å². The number of aromatic nitrogens is 2. The fourth-order valence-electron chi connectivity index (χ4n) is 1.32. The van der Waals surface area contributed by atoms with Crippen molar-refractivity contribution in [2.24, 2.45) is 0 Å². The Bertz CT molecular complexity index is 518. The highest BCUT2D eigenvalue weighted by atomic mass is 16.6. The topological polar surface area (TPSA) is 88.9 Å². The summed E-state index contributed by atoms with van der Waals surface area (Å²) in [5, 5.41) is 11.0. The quantitative estimate of drug-likeness (QED) is 0.440. The van der Waals surface area contributed by atoms with E-state index in [-0.39, 0.29) is 11.4 Å². The van der Waals surface area contributed by atoms with Gasteiger partial charge in [0.1, 0.15) is 0 Å². The van der Waals surface area contributed by atoms with E-state index in [2.05, 4.69) is 9.97 Å². The molecule has 6 heteroatoms. The molecule has 0 fully saturated rings. The number of pyridine rings is 1. The minimum atomic E-state index is -0.593. The standard InChI is InChI=1S/C8H5N3O3/c12-4-7-8(11(13)14)5-3-9-2-1-6(5)10-7/h1-4,10H. The van der Waals surface area contributed by atoms with Crippen LogP contribution in [0.25, 0.3) is 10.9 Å². The number of fused-ring (bicyclic) bond motifs is 1. The molecule has 0 saturated carbocycles. The Labute approximate surface area is 77.7 Å². The van der Waals surface area contributed by atoms with Gasteiger partial charge in [-0.25, -0.2) is 0 Å². The molecule has 0 spiro atoms. The van der Waals surface area contributed by atoms with Crippen LogP contribution in [0.4, 0.5) is 5.69 Å². The number of hydrogen-bond donors (Lipinski definition) is 1. The Kier molecular flexibility index (Phi) is 1.74. The normalized spacial score (nSPS) is 10.3. The van der Waals surface area contributed by atoms with Gasteiger partial charge in [-0.3, -0.25) is 19.9 Å². The number of rotatable bonds is 2. The van der Waals surface area contributed by atoms with Crippen molar-refractivity contribution in [1.82, 2.24) is 9.97 Å². The van der Waals surface area contributed by atoms with Gasteiger partial charge in [-0.2, -0.15) is 0 Å². The maximum atomic E-state index is 10.7. The van der Waals surface area contributed by atoms with Gasteiger partial charge in [-0.05, 0) is 6.07 Å². The molecule has 0 aliphatic rings. The molecule has 2 heterocycles. The van der Waals surface area contributed by atoms with Crippen LogP contribution >= 0.6 is 0 Å². The van der Waals surface area contributed by atoms with Gasteiger partial charge < -0.3 is 4.98 Å². The number of hydrogen-bond acceptors (Lipinski definition) is 4. The number of H-pyrrole nitrogens is 1. The van der Waals surface area contributed by atoms with Crippen molar-refractivity contribution < 1.29 is 9.72 Å². The summed E-state index contributed by atoms with van der Waals surface area (Å²) in [4.78, 5) is 27.0. The average Bonchev–Trinajstić information content (AvgIpc) is 2.55. The number of carbonyl (C=O) groups excluding carboxylic acids is 1. The van der Waals surface area contributed by atoms with Crippen molar-refractivity contribution in [1.29, 1.82) is 0 Å². The highest BCUT2D eigenvalue weighted by molar-refractivity contribution is 5.97. The van der Waals surface area contributed by atoms with Crippen molar-refractivity contribution in [3.8, 4) is 0 Å². The van der Waals surface area contributed by atoms with Gasteiger partial charge in [0.15, 0.2) is 12.0 Å². The second-order valence-electron chi connectivity index (χ2n) is 2.68. The van der Waals surface area contributed by atoms with E-state index in [9.17, 15) is 14.9 Å².